The molecule has 1 fully saturated rings. The second-order valence-corrected chi connectivity index (χ2v) is 4.64. The van der Waals surface area contributed by atoms with E-state index in [1.54, 1.807) is 0 Å². The molecule has 0 aliphatic carbocycles. The van der Waals surface area contributed by atoms with Crippen LogP contribution in [0, 0.1) is 3.57 Å². The molecule has 0 radical (unpaired) electrons. The lowest BCUT2D eigenvalue weighted by molar-refractivity contribution is -0.163. The van der Waals surface area contributed by atoms with E-state index >= 15 is 0 Å². The molecule has 0 amide bonds. The van der Waals surface area contributed by atoms with Crippen LogP contribution in [0.5, 0.6) is 0 Å². The van der Waals surface area contributed by atoms with E-state index in [2.05, 4.69) is 22.6 Å². The van der Waals surface area contributed by atoms with E-state index in [-0.39, 0.29) is 13.2 Å². The van der Waals surface area contributed by atoms with Gasteiger partial charge in [0.25, 0.3) is 0 Å². The van der Waals surface area contributed by atoms with Crippen molar-refractivity contribution in [2.24, 2.45) is 0 Å². The third-order valence-electron chi connectivity index (χ3n) is 2.48. The van der Waals surface area contributed by atoms with Crippen molar-refractivity contribution in [3.8, 4) is 0 Å². The average molecular weight is 304 g/mol. The van der Waals surface area contributed by atoms with Crippen molar-refractivity contribution in [2.75, 3.05) is 13.2 Å². The van der Waals surface area contributed by atoms with Crippen LogP contribution in [0.4, 0.5) is 0 Å². The van der Waals surface area contributed by atoms with Crippen LogP contribution in [0.2, 0.25) is 0 Å². The zero-order chi connectivity index (χ0) is 10.2. The maximum atomic E-state index is 11.1. The van der Waals surface area contributed by atoms with Crippen LogP contribution >= 0.6 is 22.6 Å². The number of halogens is 1. The van der Waals surface area contributed by atoms with Gasteiger partial charge in [0.05, 0.1) is 13.2 Å². The predicted octanol–water partition coefficient (Wildman–Crippen LogP) is 1.64. The predicted molar refractivity (Wildman–Crippen MR) is 59.3 cm³/mol. The number of carboxylic acids is 1. The first-order valence-electron chi connectivity index (χ1n) is 4.22. The zero-order valence-electron chi connectivity index (χ0n) is 7.37. The van der Waals surface area contributed by atoms with Crippen LogP contribution in [0.15, 0.2) is 24.3 Å². The molecule has 1 N–H and O–H groups in total. The molecule has 74 valence electrons. The Morgan fingerprint density at radius 3 is 2.64 bits per heavy atom. The quantitative estimate of drug-likeness (QED) is 0.845. The normalized spacial score (nSPS) is 18.6. The van der Waals surface area contributed by atoms with Gasteiger partial charge in [0.2, 0.25) is 0 Å². The molecular formula is C10H9IO3. The standard InChI is InChI=1S/C10H9IO3/c11-8-3-1-2-7(4-8)10(9(12)13)5-14-6-10/h1-4H,5-6H2,(H,12,13). The third-order valence-corrected chi connectivity index (χ3v) is 3.15. The SMILES string of the molecule is O=C(O)C1(c2cccc(I)c2)COC1. The summed E-state index contributed by atoms with van der Waals surface area (Å²) in [6.45, 7) is 0.560. The summed E-state index contributed by atoms with van der Waals surface area (Å²) in [5, 5.41) is 9.15. The Labute approximate surface area is 95.2 Å². The molecule has 2 rings (SSSR count). The molecule has 3 nitrogen and oxygen atoms in total. The lowest BCUT2D eigenvalue weighted by atomic mass is 9.79. The van der Waals surface area contributed by atoms with Gasteiger partial charge in [-0.1, -0.05) is 12.1 Å². The Hall–Kier alpha value is -0.620. The molecule has 0 bridgehead atoms. The van der Waals surface area contributed by atoms with Crippen molar-refractivity contribution in [2.45, 2.75) is 5.41 Å². The van der Waals surface area contributed by atoms with Gasteiger partial charge in [-0.2, -0.15) is 0 Å². The van der Waals surface area contributed by atoms with Gasteiger partial charge in [0, 0.05) is 3.57 Å². The van der Waals surface area contributed by atoms with Crippen LogP contribution < -0.4 is 0 Å². The van der Waals surface area contributed by atoms with Crippen molar-refractivity contribution in [3.05, 3.63) is 33.4 Å². The monoisotopic (exact) mass is 304 g/mol. The van der Waals surface area contributed by atoms with Crippen LogP contribution in [0.3, 0.4) is 0 Å². The molecule has 14 heavy (non-hydrogen) atoms. The molecule has 0 aromatic heterocycles. The molecule has 0 unspecified atom stereocenters. The van der Waals surface area contributed by atoms with E-state index in [9.17, 15) is 4.79 Å². The minimum absolute atomic E-state index is 0.280. The fourth-order valence-electron chi connectivity index (χ4n) is 1.51. The van der Waals surface area contributed by atoms with E-state index in [1.807, 2.05) is 24.3 Å². The molecule has 1 aromatic rings. The third kappa shape index (κ3) is 1.42. The van der Waals surface area contributed by atoms with Crippen LogP contribution in [-0.2, 0) is 14.9 Å². The van der Waals surface area contributed by atoms with E-state index in [0.29, 0.717) is 0 Å². The first-order valence-corrected chi connectivity index (χ1v) is 5.30. The Balaban J connectivity index is 2.42. The maximum absolute atomic E-state index is 11.1. The fraction of sp³-hybridized carbons (Fsp3) is 0.300. The van der Waals surface area contributed by atoms with Crippen LogP contribution in [-0.4, -0.2) is 24.3 Å². The molecular weight excluding hydrogens is 295 g/mol. The molecule has 1 saturated heterocycles. The number of hydrogen-bond acceptors (Lipinski definition) is 2. The summed E-state index contributed by atoms with van der Waals surface area (Å²) < 4.78 is 6.06. The molecule has 4 heteroatoms. The Bertz CT molecular complexity index is 371. The number of hydrogen-bond donors (Lipinski definition) is 1. The summed E-state index contributed by atoms with van der Waals surface area (Å²) in [5.74, 6) is -0.800. The summed E-state index contributed by atoms with van der Waals surface area (Å²) in [7, 11) is 0. The fourth-order valence-corrected chi connectivity index (χ4v) is 2.05. The van der Waals surface area contributed by atoms with Crippen molar-refractivity contribution in [1.82, 2.24) is 0 Å². The van der Waals surface area contributed by atoms with Gasteiger partial charge in [-0.25, -0.2) is 0 Å². The highest BCUT2D eigenvalue weighted by atomic mass is 127. The first kappa shape index (κ1) is 9.92. The van der Waals surface area contributed by atoms with Gasteiger partial charge in [-0.3, -0.25) is 4.79 Å². The van der Waals surface area contributed by atoms with Gasteiger partial charge in [0.15, 0.2) is 0 Å². The van der Waals surface area contributed by atoms with Gasteiger partial charge < -0.3 is 9.84 Å². The van der Waals surface area contributed by atoms with E-state index < -0.39 is 11.4 Å². The van der Waals surface area contributed by atoms with Crippen LogP contribution in [0.1, 0.15) is 5.56 Å². The van der Waals surface area contributed by atoms with Crippen LogP contribution in [0.25, 0.3) is 0 Å². The lowest BCUT2D eigenvalue weighted by Crippen LogP contribution is -2.53. The number of carboxylic acid groups (broad SMARTS) is 1. The number of ether oxygens (including phenoxy) is 1. The average Bonchev–Trinajstić information content (AvgIpc) is 2.00. The molecule has 0 atom stereocenters. The van der Waals surface area contributed by atoms with Gasteiger partial charge in [-0.05, 0) is 40.3 Å². The van der Waals surface area contributed by atoms with E-state index in [4.69, 9.17) is 9.84 Å². The van der Waals surface area contributed by atoms with Crippen molar-refractivity contribution < 1.29 is 14.6 Å². The first-order chi connectivity index (χ1) is 6.65. The second-order valence-electron chi connectivity index (χ2n) is 3.39. The summed E-state index contributed by atoms with van der Waals surface area (Å²) in [6.07, 6.45) is 0. The van der Waals surface area contributed by atoms with Gasteiger partial charge in [-0.15, -0.1) is 0 Å². The topological polar surface area (TPSA) is 46.5 Å². The molecule has 1 heterocycles. The van der Waals surface area contributed by atoms with Gasteiger partial charge >= 0.3 is 5.97 Å². The smallest absolute Gasteiger partial charge is 0.318 e. The highest BCUT2D eigenvalue weighted by molar-refractivity contribution is 14.1. The minimum Gasteiger partial charge on any atom is -0.480 e. The Morgan fingerprint density at radius 2 is 2.21 bits per heavy atom. The molecule has 1 aliphatic heterocycles. The zero-order valence-corrected chi connectivity index (χ0v) is 9.52. The number of rotatable bonds is 2. The van der Waals surface area contributed by atoms with E-state index in [0.717, 1.165) is 9.13 Å². The summed E-state index contributed by atoms with van der Waals surface area (Å²) in [4.78, 5) is 11.1. The highest BCUT2D eigenvalue weighted by Crippen LogP contribution is 2.33. The Morgan fingerprint density at radius 1 is 1.50 bits per heavy atom. The lowest BCUT2D eigenvalue weighted by Gasteiger charge is -2.37. The van der Waals surface area contributed by atoms with Crippen molar-refractivity contribution in [1.29, 1.82) is 0 Å². The molecule has 0 spiro atoms. The summed E-state index contributed by atoms with van der Waals surface area (Å²) in [5.41, 5.74) is 0.0319. The summed E-state index contributed by atoms with van der Waals surface area (Å²) >= 11 is 2.18. The minimum atomic E-state index is -0.804. The number of carbonyl (C=O) groups is 1. The van der Waals surface area contributed by atoms with Crippen molar-refractivity contribution in [3.63, 3.8) is 0 Å². The maximum Gasteiger partial charge on any atom is 0.318 e. The largest absolute Gasteiger partial charge is 0.480 e. The highest BCUT2D eigenvalue weighted by Gasteiger charge is 2.47. The molecule has 1 aliphatic rings. The molecule has 1 aromatic carbocycles. The van der Waals surface area contributed by atoms with E-state index in [1.165, 1.54) is 0 Å². The Kier molecular flexibility index (Phi) is 2.48. The molecule has 0 saturated carbocycles. The number of benzene rings is 1. The number of aliphatic carboxylic acids is 1. The second kappa shape index (κ2) is 3.51. The van der Waals surface area contributed by atoms with Gasteiger partial charge in [0.1, 0.15) is 5.41 Å². The summed E-state index contributed by atoms with van der Waals surface area (Å²) in [6, 6.07) is 7.56. The van der Waals surface area contributed by atoms with Crippen molar-refractivity contribution >= 4 is 28.6 Å².